The van der Waals surface area contributed by atoms with Crippen LogP contribution in [0.15, 0.2) is 29.2 Å². The third kappa shape index (κ3) is 4.74. The lowest BCUT2D eigenvalue weighted by atomic mass is 9.99. The van der Waals surface area contributed by atoms with E-state index in [1.807, 2.05) is 24.3 Å². The third-order valence-electron chi connectivity index (χ3n) is 4.97. The van der Waals surface area contributed by atoms with E-state index < -0.39 is 0 Å². The average molecular weight is 421 g/mol. The van der Waals surface area contributed by atoms with Crippen molar-refractivity contribution in [2.75, 3.05) is 26.8 Å². The maximum Gasteiger partial charge on any atom is 0.266 e. The van der Waals surface area contributed by atoms with Gasteiger partial charge in [-0.25, -0.2) is 0 Å². The molecule has 1 aromatic rings. The Bertz CT molecular complexity index is 794. The summed E-state index contributed by atoms with van der Waals surface area (Å²) in [6, 6.07) is 7.45. The van der Waals surface area contributed by atoms with Crippen molar-refractivity contribution in [3.8, 4) is 5.75 Å². The number of likely N-dealkylation sites (tertiary alicyclic amines) is 1. The summed E-state index contributed by atoms with van der Waals surface area (Å²) in [5.41, 5.74) is 0.838. The van der Waals surface area contributed by atoms with Crippen LogP contribution in [0.5, 0.6) is 5.75 Å². The smallest absolute Gasteiger partial charge is 0.266 e. The Balaban J connectivity index is 1.71. The average Bonchev–Trinajstić information content (AvgIpc) is 2.96. The molecule has 150 valence electrons. The van der Waals surface area contributed by atoms with Gasteiger partial charge in [-0.1, -0.05) is 36.1 Å². The number of aliphatic hydroxyl groups excluding tert-OH is 1. The highest BCUT2D eigenvalue weighted by atomic mass is 32.2. The Labute approximate surface area is 174 Å². The SMILES string of the molecule is COc1cccc(/C=C2\SC(=S)N(CC(=O)N3CCCC[C@@H]3CCO)C2=O)c1. The van der Waals surface area contributed by atoms with Gasteiger partial charge in [-0.15, -0.1) is 0 Å². The minimum Gasteiger partial charge on any atom is -0.497 e. The molecular formula is C20H24N2O4S2. The number of benzene rings is 1. The van der Waals surface area contributed by atoms with Gasteiger partial charge in [0.1, 0.15) is 16.6 Å². The van der Waals surface area contributed by atoms with Crippen molar-refractivity contribution >= 4 is 46.2 Å². The lowest BCUT2D eigenvalue weighted by Crippen LogP contribution is -2.49. The van der Waals surface area contributed by atoms with Crippen molar-refractivity contribution in [1.29, 1.82) is 0 Å². The fourth-order valence-corrected chi connectivity index (χ4v) is 4.78. The molecule has 0 aromatic heterocycles. The Morgan fingerprint density at radius 2 is 2.25 bits per heavy atom. The number of hydrogen-bond acceptors (Lipinski definition) is 6. The van der Waals surface area contributed by atoms with Crippen molar-refractivity contribution in [3.63, 3.8) is 0 Å². The van der Waals surface area contributed by atoms with Crippen LogP contribution >= 0.6 is 24.0 Å². The second-order valence-electron chi connectivity index (χ2n) is 6.79. The zero-order valence-electron chi connectivity index (χ0n) is 15.8. The molecule has 0 bridgehead atoms. The molecule has 2 heterocycles. The van der Waals surface area contributed by atoms with Crippen LogP contribution in [0.25, 0.3) is 6.08 Å². The van der Waals surface area contributed by atoms with Gasteiger partial charge >= 0.3 is 0 Å². The summed E-state index contributed by atoms with van der Waals surface area (Å²) >= 11 is 6.56. The van der Waals surface area contributed by atoms with E-state index in [2.05, 4.69) is 0 Å². The fourth-order valence-electron chi connectivity index (χ4n) is 3.52. The van der Waals surface area contributed by atoms with Crippen LogP contribution in [-0.4, -0.2) is 63.9 Å². The number of thioether (sulfide) groups is 1. The molecule has 6 nitrogen and oxygen atoms in total. The molecule has 3 rings (SSSR count). The van der Waals surface area contributed by atoms with Gasteiger partial charge in [0.25, 0.3) is 5.91 Å². The number of ether oxygens (including phenoxy) is 1. The van der Waals surface area contributed by atoms with Crippen LogP contribution < -0.4 is 4.74 Å². The molecule has 2 aliphatic rings. The summed E-state index contributed by atoms with van der Waals surface area (Å²) < 4.78 is 5.60. The normalized spacial score (nSPS) is 21.5. The van der Waals surface area contributed by atoms with Gasteiger partial charge in [0, 0.05) is 19.2 Å². The minimum atomic E-state index is -0.248. The van der Waals surface area contributed by atoms with Gasteiger partial charge in [0.15, 0.2) is 0 Å². The lowest BCUT2D eigenvalue weighted by molar-refractivity contribution is -0.138. The topological polar surface area (TPSA) is 70.1 Å². The second-order valence-corrected chi connectivity index (χ2v) is 8.47. The molecule has 0 aliphatic carbocycles. The zero-order chi connectivity index (χ0) is 20.1. The maximum atomic E-state index is 12.8. The van der Waals surface area contributed by atoms with E-state index in [0.717, 1.165) is 24.8 Å². The van der Waals surface area contributed by atoms with E-state index in [4.69, 9.17) is 17.0 Å². The Morgan fingerprint density at radius 3 is 3.00 bits per heavy atom. The highest BCUT2D eigenvalue weighted by Gasteiger charge is 2.36. The van der Waals surface area contributed by atoms with Gasteiger partial charge in [-0.3, -0.25) is 14.5 Å². The molecule has 8 heteroatoms. The number of piperidine rings is 1. The Morgan fingerprint density at radius 1 is 1.43 bits per heavy atom. The lowest BCUT2D eigenvalue weighted by Gasteiger charge is -2.36. The molecule has 0 unspecified atom stereocenters. The molecular weight excluding hydrogens is 396 g/mol. The molecule has 0 spiro atoms. The van der Waals surface area contributed by atoms with Crippen molar-refractivity contribution in [1.82, 2.24) is 9.80 Å². The Kier molecular flexibility index (Phi) is 7.09. The van der Waals surface area contributed by atoms with Gasteiger partial charge in [-0.2, -0.15) is 0 Å². The van der Waals surface area contributed by atoms with Crippen molar-refractivity contribution in [2.45, 2.75) is 31.7 Å². The van der Waals surface area contributed by atoms with Crippen molar-refractivity contribution in [3.05, 3.63) is 34.7 Å². The zero-order valence-corrected chi connectivity index (χ0v) is 17.4. The van der Waals surface area contributed by atoms with Crippen molar-refractivity contribution < 1.29 is 19.4 Å². The van der Waals surface area contributed by atoms with E-state index >= 15 is 0 Å². The molecule has 28 heavy (non-hydrogen) atoms. The largest absolute Gasteiger partial charge is 0.497 e. The summed E-state index contributed by atoms with van der Waals surface area (Å²) in [7, 11) is 1.59. The van der Waals surface area contributed by atoms with Gasteiger partial charge < -0.3 is 14.7 Å². The highest BCUT2D eigenvalue weighted by Crippen LogP contribution is 2.33. The van der Waals surface area contributed by atoms with Crippen LogP contribution in [0.4, 0.5) is 0 Å². The van der Waals surface area contributed by atoms with Crippen molar-refractivity contribution in [2.24, 2.45) is 0 Å². The maximum absolute atomic E-state index is 12.8. The molecule has 2 aliphatic heterocycles. The number of amides is 2. The van der Waals surface area contributed by atoms with Crippen LogP contribution in [-0.2, 0) is 9.59 Å². The summed E-state index contributed by atoms with van der Waals surface area (Å²) in [4.78, 5) is 29.3. The standard InChI is InChI=1S/C20H24N2O4S2/c1-26-16-7-4-5-14(11-16)12-17-19(25)22(20(27)28-17)13-18(24)21-9-3-2-6-15(21)8-10-23/h4-5,7,11-12,15,23H,2-3,6,8-10,13H2,1H3/b17-12-/t15-/m1/s1. The minimum absolute atomic E-state index is 0.0389. The summed E-state index contributed by atoms with van der Waals surface area (Å²) in [6.07, 6.45) is 5.22. The second kappa shape index (κ2) is 9.54. The van der Waals surface area contributed by atoms with Gasteiger partial charge in [0.05, 0.1) is 12.0 Å². The molecule has 1 aromatic carbocycles. The molecule has 2 amide bonds. The first-order valence-electron chi connectivity index (χ1n) is 9.33. The predicted molar refractivity (Wildman–Crippen MR) is 114 cm³/mol. The van der Waals surface area contributed by atoms with E-state index in [9.17, 15) is 14.7 Å². The van der Waals surface area contributed by atoms with Gasteiger partial charge in [0.2, 0.25) is 5.91 Å². The summed E-state index contributed by atoms with van der Waals surface area (Å²) in [5, 5.41) is 9.26. The first kappa shape index (κ1) is 20.8. The molecule has 1 N–H and O–H groups in total. The number of carbonyl (C=O) groups excluding carboxylic acids is 2. The van der Waals surface area contributed by atoms with Gasteiger partial charge in [-0.05, 0) is 49.5 Å². The number of hydrogen-bond donors (Lipinski definition) is 1. The number of rotatable bonds is 6. The number of nitrogens with zero attached hydrogens (tertiary/aromatic N) is 2. The molecule has 0 radical (unpaired) electrons. The molecule has 2 saturated heterocycles. The van der Waals surface area contributed by atoms with Crippen LogP contribution in [0.1, 0.15) is 31.2 Å². The molecule has 2 fully saturated rings. The van der Waals surface area contributed by atoms with E-state index in [1.165, 1.54) is 16.7 Å². The third-order valence-corrected chi connectivity index (χ3v) is 6.35. The number of carbonyl (C=O) groups is 2. The summed E-state index contributed by atoms with van der Waals surface area (Å²) in [6.45, 7) is 0.665. The van der Waals surface area contributed by atoms with Crippen LogP contribution in [0, 0.1) is 0 Å². The van der Waals surface area contributed by atoms with E-state index in [0.29, 0.717) is 27.9 Å². The first-order chi connectivity index (χ1) is 13.5. The highest BCUT2D eigenvalue weighted by molar-refractivity contribution is 8.26. The van der Waals surface area contributed by atoms with E-state index in [1.54, 1.807) is 18.1 Å². The number of aliphatic hydroxyl groups is 1. The fraction of sp³-hybridized carbons (Fsp3) is 0.450. The first-order valence-corrected chi connectivity index (χ1v) is 10.6. The van der Waals surface area contributed by atoms with Crippen LogP contribution in [0.2, 0.25) is 0 Å². The monoisotopic (exact) mass is 420 g/mol. The molecule has 1 atom stereocenters. The van der Waals surface area contributed by atoms with Crippen LogP contribution in [0.3, 0.4) is 0 Å². The summed E-state index contributed by atoms with van der Waals surface area (Å²) in [5.74, 6) is 0.346. The molecule has 0 saturated carbocycles. The number of thiocarbonyl (C=S) groups is 1. The number of methoxy groups -OCH3 is 1. The van der Waals surface area contributed by atoms with E-state index in [-0.39, 0.29) is 31.0 Å². The Hall–Kier alpha value is -1.90. The predicted octanol–water partition coefficient (Wildman–Crippen LogP) is 2.66. The quantitative estimate of drug-likeness (QED) is 0.564.